The van der Waals surface area contributed by atoms with E-state index in [9.17, 15) is 22.8 Å². The first kappa shape index (κ1) is 22.7. The van der Waals surface area contributed by atoms with Gasteiger partial charge in [-0.05, 0) is 75.5 Å². The lowest BCUT2D eigenvalue weighted by Crippen LogP contribution is -2.34. The van der Waals surface area contributed by atoms with Crippen molar-refractivity contribution < 1.29 is 32.2 Å². The van der Waals surface area contributed by atoms with Crippen LogP contribution in [0.2, 0.25) is 0 Å². The predicted octanol–water partition coefficient (Wildman–Crippen LogP) is 5.12. The molecule has 3 aliphatic carbocycles. The molecule has 1 atom stereocenters. The molecular weight excluding hydrogens is 435 g/mol. The van der Waals surface area contributed by atoms with Gasteiger partial charge in [-0.1, -0.05) is 6.92 Å². The Morgan fingerprint density at radius 2 is 1.82 bits per heavy atom. The van der Waals surface area contributed by atoms with Crippen LogP contribution in [0.1, 0.15) is 86.6 Å². The van der Waals surface area contributed by atoms with Gasteiger partial charge in [0.2, 0.25) is 0 Å². The van der Waals surface area contributed by atoms with E-state index < -0.39 is 35.1 Å². The molecule has 4 aliphatic rings. The van der Waals surface area contributed by atoms with Gasteiger partial charge >= 0.3 is 11.9 Å². The van der Waals surface area contributed by atoms with E-state index in [4.69, 9.17) is 9.47 Å². The molecule has 1 N–H and O–H groups in total. The number of rotatable bonds is 6. The molecular formula is C25H30F3NO4. The van der Waals surface area contributed by atoms with Crippen molar-refractivity contribution in [2.24, 2.45) is 10.8 Å². The second kappa shape index (κ2) is 8.00. The van der Waals surface area contributed by atoms with Crippen LogP contribution in [0, 0.1) is 16.6 Å². The van der Waals surface area contributed by atoms with Crippen LogP contribution in [0.25, 0.3) is 0 Å². The molecule has 5 nitrogen and oxygen atoms in total. The second-order valence-electron chi connectivity index (χ2n) is 10.8. The Morgan fingerprint density at radius 3 is 2.39 bits per heavy atom. The molecule has 180 valence electrons. The minimum atomic E-state index is -2.53. The monoisotopic (exact) mass is 465 g/mol. The normalized spacial score (nSPS) is 32.5. The molecule has 5 rings (SSSR count). The van der Waals surface area contributed by atoms with Gasteiger partial charge in [0.25, 0.3) is 5.92 Å². The quantitative estimate of drug-likeness (QED) is 0.467. The maximum absolute atomic E-state index is 14.9. The summed E-state index contributed by atoms with van der Waals surface area (Å²) in [6.45, 7) is 3.02. The lowest BCUT2D eigenvalue weighted by Gasteiger charge is -2.37. The van der Waals surface area contributed by atoms with Gasteiger partial charge < -0.3 is 14.8 Å². The molecule has 1 aromatic carbocycles. The first-order valence-corrected chi connectivity index (χ1v) is 12.0. The number of hydrogen-bond acceptors (Lipinski definition) is 5. The lowest BCUT2D eigenvalue weighted by molar-refractivity contribution is -0.139. The minimum absolute atomic E-state index is 0.00908. The van der Waals surface area contributed by atoms with Gasteiger partial charge in [-0.3, -0.25) is 0 Å². The van der Waals surface area contributed by atoms with Crippen molar-refractivity contribution in [3.63, 3.8) is 0 Å². The van der Waals surface area contributed by atoms with Crippen molar-refractivity contribution >= 4 is 11.9 Å². The summed E-state index contributed by atoms with van der Waals surface area (Å²) in [7, 11) is 0. The Morgan fingerprint density at radius 1 is 1.12 bits per heavy atom. The van der Waals surface area contributed by atoms with E-state index in [2.05, 4.69) is 5.32 Å². The number of carbonyl (C=O) groups is 2. The van der Waals surface area contributed by atoms with Gasteiger partial charge in [-0.2, -0.15) is 0 Å². The van der Waals surface area contributed by atoms with E-state index in [1.54, 1.807) is 0 Å². The highest BCUT2D eigenvalue weighted by Gasteiger charge is 2.71. The number of esters is 2. The third kappa shape index (κ3) is 4.38. The summed E-state index contributed by atoms with van der Waals surface area (Å²) in [5.41, 5.74) is -0.595. The zero-order chi connectivity index (χ0) is 23.4. The van der Waals surface area contributed by atoms with E-state index in [0.717, 1.165) is 24.8 Å². The van der Waals surface area contributed by atoms with Crippen molar-refractivity contribution in [3.05, 3.63) is 29.1 Å². The molecule has 1 spiro atoms. The highest BCUT2D eigenvalue weighted by molar-refractivity contribution is 5.98. The van der Waals surface area contributed by atoms with Gasteiger partial charge in [0.05, 0.1) is 12.2 Å². The van der Waals surface area contributed by atoms with E-state index in [-0.39, 0.29) is 23.3 Å². The zero-order valence-corrected chi connectivity index (χ0v) is 18.9. The van der Waals surface area contributed by atoms with Crippen molar-refractivity contribution in [1.29, 1.82) is 0 Å². The smallest absolute Gasteiger partial charge is 0.348 e. The average molecular weight is 466 g/mol. The Kier molecular flexibility index (Phi) is 5.50. The summed E-state index contributed by atoms with van der Waals surface area (Å²) in [4.78, 5) is 24.6. The van der Waals surface area contributed by atoms with E-state index in [1.807, 2.05) is 6.92 Å². The van der Waals surface area contributed by atoms with Crippen LogP contribution in [0.3, 0.4) is 0 Å². The molecule has 0 aromatic heterocycles. The minimum Gasteiger partial charge on any atom is -0.493 e. The molecule has 1 aromatic rings. The van der Waals surface area contributed by atoms with Crippen LogP contribution in [-0.2, 0) is 9.53 Å². The van der Waals surface area contributed by atoms with Gasteiger partial charge in [-0.15, -0.1) is 0 Å². The second-order valence-corrected chi connectivity index (χ2v) is 10.8. The van der Waals surface area contributed by atoms with Crippen LogP contribution >= 0.6 is 0 Å². The van der Waals surface area contributed by atoms with Crippen LogP contribution < -0.4 is 10.1 Å². The molecule has 4 fully saturated rings. The van der Waals surface area contributed by atoms with Gasteiger partial charge in [0.1, 0.15) is 17.6 Å². The number of nitrogens with one attached hydrogen (secondary N) is 1. The lowest BCUT2D eigenvalue weighted by atomic mass is 9.70. The van der Waals surface area contributed by atoms with Crippen LogP contribution in [0.4, 0.5) is 13.2 Å². The van der Waals surface area contributed by atoms with Gasteiger partial charge in [0.15, 0.2) is 0 Å². The van der Waals surface area contributed by atoms with Crippen LogP contribution in [0.15, 0.2) is 12.1 Å². The fraction of sp³-hybridized carbons (Fsp3) is 0.680. The number of benzene rings is 1. The first-order chi connectivity index (χ1) is 15.6. The van der Waals surface area contributed by atoms with Crippen molar-refractivity contribution in [2.45, 2.75) is 82.6 Å². The summed E-state index contributed by atoms with van der Waals surface area (Å²) in [5, 5.41) is 2.96. The number of ether oxygens (including phenoxy) is 2. The predicted molar refractivity (Wildman–Crippen MR) is 114 cm³/mol. The number of carbonyl (C=O) groups excluding carboxylic acids is 2. The Bertz CT molecular complexity index is 961. The molecule has 1 aliphatic heterocycles. The Hall–Kier alpha value is -2.09. The highest BCUT2D eigenvalue weighted by Crippen LogP contribution is 2.69. The summed E-state index contributed by atoms with van der Waals surface area (Å²) in [6.07, 6.45) is 5.49. The molecule has 8 heteroatoms. The third-order valence-electron chi connectivity index (χ3n) is 8.08. The maximum atomic E-state index is 14.9. The SMILES string of the molecule is CC1(COc2cc(F)c(C(=O)OC(=O)[C@@H]3CCCN3)cc2C2CC2)CCC2(CC1)CC2(F)F. The summed E-state index contributed by atoms with van der Waals surface area (Å²) < 4.78 is 53.2. The Balaban J connectivity index is 1.26. The molecule has 0 unspecified atom stereocenters. The molecule has 1 saturated heterocycles. The Labute approximate surface area is 191 Å². The molecule has 3 saturated carbocycles. The van der Waals surface area contributed by atoms with Crippen molar-refractivity contribution in [3.8, 4) is 5.75 Å². The van der Waals surface area contributed by atoms with Gasteiger partial charge in [-0.25, -0.2) is 22.8 Å². The zero-order valence-electron chi connectivity index (χ0n) is 18.9. The number of hydrogen-bond donors (Lipinski definition) is 1. The summed E-state index contributed by atoms with van der Waals surface area (Å²) >= 11 is 0. The summed E-state index contributed by atoms with van der Waals surface area (Å²) in [5.74, 6) is -4.45. The average Bonchev–Trinajstić information content (AvgIpc) is 3.61. The fourth-order valence-corrected chi connectivity index (χ4v) is 5.32. The standard InChI is InChI=1S/C25H30F3NO4/c1-23(6-8-24(9-7-23)13-25(24,27)28)14-32-20-12-18(26)17(11-16(20)15-4-5-15)21(30)33-22(31)19-3-2-10-29-19/h11-12,15,19,29H,2-10,13-14H2,1H3/t19-,23?,24?/m0/s1. The first-order valence-electron chi connectivity index (χ1n) is 12.0. The highest BCUT2D eigenvalue weighted by atomic mass is 19.3. The van der Waals surface area contributed by atoms with E-state index >= 15 is 0 Å². The molecule has 0 radical (unpaired) electrons. The topological polar surface area (TPSA) is 64.6 Å². The summed E-state index contributed by atoms with van der Waals surface area (Å²) in [6, 6.07) is 2.11. The van der Waals surface area contributed by atoms with Crippen molar-refractivity contribution in [1.82, 2.24) is 5.32 Å². The van der Waals surface area contributed by atoms with Crippen LogP contribution in [-0.4, -0.2) is 37.1 Å². The third-order valence-corrected chi connectivity index (χ3v) is 8.08. The molecule has 33 heavy (non-hydrogen) atoms. The molecule has 1 heterocycles. The van der Waals surface area contributed by atoms with Crippen molar-refractivity contribution in [2.75, 3.05) is 13.2 Å². The number of alkyl halides is 2. The van der Waals surface area contributed by atoms with Crippen LogP contribution in [0.5, 0.6) is 5.75 Å². The van der Waals surface area contributed by atoms with Gasteiger partial charge in [0, 0.05) is 23.3 Å². The number of halogens is 3. The molecule has 0 bridgehead atoms. The fourth-order valence-electron chi connectivity index (χ4n) is 5.32. The van der Waals surface area contributed by atoms with E-state index in [0.29, 0.717) is 51.0 Å². The largest absolute Gasteiger partial charge is 0.493 e. The molecule has 0 amide bonds. The van der Waals surface area contributed by atoms with E-state index in [1.165, 1.54) is 12.1 Å². The maximum Gasteiger partial charge on any atom is 0.348 e.